The van der Waals surface area contributed by atoms with Gasteiger partial charge in [0.05, 0.1) is 5.39 Å². The first-order valence-corrected chi connectivity index (χ1v) is 6.96. The minimum atomic E-state index is -0.874. The fourth-order valence-corrected chi connectivity index (χ4v) is 2.46. The maximum Gasteiger partial charge on any atom is 0.278 e. The third-order valence-electron chi connectivity index (χ3n) is 3.51. The third-order valence-corrected chi connectivity index (χ3v) is 3.51. The smallest absolute Gasteiger partial charge is 0.278 e. The van der Waals surface area contributed by atoms with Gasteiger partial charge in [0.15, 0.2) is 0 Å². The molecule has 0 bridgehead atoms. The minimum absolute atomic E-state index is 0.133. The van der Waals surface area contributed by atoms with Gasteiger partial charge in [-0.3, -0.25) is 24.5 Å². The van der Waals surface area contributed by atoms with E-state index in [0.29, 0.717) is 11.2 Å². The van der Waals surface area contributed by atoms with Crippen molar-refractivity contribution in [1.82, 2.24) is 20.3 Å². The van der Waals surface area contributed by atoms with Crippen molar-refractivity contribution in [3.63, 3.8) is 0 Å². The SMILES string of the molecule is CC(=O)Nc1ccc2nnn(C3CCC(=O)NC3=O)c(=O)c2c1. The van der Waals surface area contributed by atoms with Crippen molar-refractivity contribution in [2.24, 2.45) is 0 Å². The van der Waals surface area contributed by atoms with Crippen molar-refractivity contribution in [3.8, 4) is 0 Å². The van der Waals surface area contributed by atoms with E-state index in [1.54, 1.807) is 12.1 Å². The van der Waals surface area contributed by atoms with Gasteiger partial charge in [0.25, 0.3) is 11.5 Å². The van der Waals surface area contributed by atoms with Gasteiger partial charge in [-0.1, -0.05) is 5.21 Å². The highest BCUT2D eigenvalue weighted by Crippen LogP contribution is 2.18. The number of benzene rings is 1. The highest BCUT2D eigenvalue weighted by atomic mass is 16.2. The van der Waals surface area contributed by atoms with E-state index < -0.39 is 17.5 Å². The number of rotatable bonds is 2. The van der Waals surface area contributed by atoms with Gasteiger partial charge in [-0.2, -0.15) is 4.68 Å². The molecule has 0 aliphatic carbocycles. The molecule has 2 aromatic rings. The summed E-state index contributed by atoms with van der Waals surface area (Å²) in [6.45, 7) is 1.36. The van der Waals surface area contributed by atoms with Gasteiger partial charge in [-0.15, -0.1) is 5.10 Å². The molecule has 1 aliphatic heterocycles. The number of anilines is 1. The number of fused-ring (bicyclic) bond motifs is 1. The van der Waals surface area contributed by atoms with Crippen LogP contribution >= 0.6 is 0 Å². The van der Waals surface area contributed by atoms with Crippen LogP contribution in [0.2, 0.25) is 0 Å². The van der Waals surface area contributed by atoms with Gasteiger partial charge in [-0.05, 0) is 24.6 Å². The quantitative estimate of drug-likeness (QED) is 0.735. The Kier molecular flexibility index (Phi) is 3.61. The zero-order valence-corrected chi connectivity index (χ0v) is 12.2. The Morgan fingerprint density at radius 1 is 1.35 bits per heavy atom. The van der Waals surface area contributed by atoms with Gasteiger partial charge in [0, 0.05) is 19.0 Å². The molecule has 9 heteroatoms. The summed E-state index contributed by atoms with van der Waals surface area (Å²) in [5.74, 6) is -1.21. The second-order valence-corrected chi connectivity index (χ2v) is 5.22. The van der Waals surface area contributed by atoms with Crippen LogP contribution in [0.25, 0.3) is 10.9 Å². The number of amides is 3. The Morgan fingerprint density at radius 2 is 2.13 bits per heavy atom. The summed E-state index contributed by atoms with van der Waals surface area (Å²) in [7, 11) is 0. The second kappa shape index (κ2) is 5.59. The molecule has 2 heterocycles. The lowest BCUT2D eigenvalue weighted by molar-refractivity contribution is -0.136. The summed E-state index contributed by atoms with van der Waals surface area (Å²) in [5, 5.41) is 12.7. The lowest BCUT2D eigenvalue weighted by Gasteiger charge is -2.21. The van der Waals surface area contributed by atoms with Gasteiger partial charge >= 0.3 is 0 Å². The Hall–Kier alpha value is -3.10. The normalized spacial score (nSPS) is 17.9. The maximum absolute atomic E-state index is 12.6. The zero-order chi connectivity index (χ0) is 16.6. The molecule has 1 saturated heterocycles. The number of nitrogens with one attached hydrogen (secondary N) is 2. The van der Waals surface area contributed by atoms with Crippen LogP contribution in [0.4, 0.5) is 5.69 Å². The molecule has 2 N–H and O–H groups in total. The van der Waals surface area contributed by atoms with Crippen molar-refractivity contribution in [2.75, 3.05) is 5.32 Å². The molecule has 9 nitrogen and oxygen atoms in total. The Balaban J connectivity index is 2.07. The van der Waals surface area contributed by atoms with E-state index in [1.165, 1.54) is 13.0 Å². The van der Waals surface area contributed by atoms with Crippen molar-refractivity contribution in [1.29, 1.82) is 0 Å². The summed E-state index contributed by atoms with van der Waals surface area (Å²) in [5.41, 5.74) is 0.300. The lowest BCUT2D eigenvalue weighted by Crippen LogP contribution is -2.45. The molecule has 1 aromatic heterocycles. The van der Waals surface area contributed by atoms with Crippen molar-refractivity contribution < 1.29 is 14.4 Å². The van der Waals surface area contributed by atoms with Crippen LogP contribution in [0.15, 0.2) is 23.0 Å². The van der Waals surface area contributed by atoms with Gasteiger partial charge < -0.3 is 5.32 Å². The van der Waals surface area contributed by atoms with Crippen LogP contribution in [0.3, 0.4) is 0 Å². The molecular weight excluding hydrogens is 302 g/mol. The monoisotopic (exact) mass is 315 g/mol. The summed E-state index contributed by atoms with van der Waals surface area (Å²) in [6, 6.07) is 3.77. The summed E-state index contributed by atoms with van der Waals surface area (Å²) >= 11 is 0. The van der Waals surface area contributed by atoms with E-state index in [1.807, 2.05) is 0 Å². The molecule has 0 saturated carbocycles. The van der Waals surface area contributed by atoms with Crippen LogP contribution in [-0.4, -0.2) is 32.7 Å². The first kappa shape index (κ1) is 14.8. The standard InChI is InChI=1S/C14H13N5O4/c1-7(20)15-8-2-3-10-9(6-8)14(23)19(18-17-10)11-4-5-12(21)16-13(11)22/h2-3,6,11H,4-5H2,1H3,(H,15,20)(H,16,21,22). The number of hydrogen-bond acceptors (Lipinski definition) is 6. The van der Waals surface area contributed by atoms with Crippen LogP contribution in [-0.2, 0) is 14.4 Å². The number of carbonyl (C=O) groups is 3. The maximum atomic E-state index is 12.6. The Morgan fingerprint density at radius 3 is 2.83 bits per heavy atom. The molecule has 1 fully saturated rings. The fraction of sp³-hybridized carbons (Fsp3) is 0.286. The predicted octanol–water partition coefficient (Wildman–Crippen LogP) is -0.272. The molecule has 1 aliphatic rings. The molecule has 1 aromatic carbocycles. The molecule has 23 heavy (non-hydrogen) atoms. The van der Waals surface area contributed by atoms with Gasteiger partial charge in [0.1, 0.15) is 11.6 Å². The molecule has 3 amide bonds. The number of aromatic nitrogens is 3. The largest absolute Gasteiger partial charge is 0.326 e. The van der Waals surface area contributed by atoms with Gasteiger partial charge in [-0.25, -0.2) is 0 Å². The number of hydrogen-bond donors (Lipinski definition) is 2. The van der Waals surface area contributed by atoms with E-state index in [2.05, 4.69) is 20.9 Å². The first-order chi connectivity index (χ1) is 11.0. The van der Waals surface area contributed by atoms with Crippen molar-refractivity contribution in [3.05, 3.63) is 28.6 Å². The van der Waals surface area contributed by atoms with E-state index >= 15 is 0 Å². The van der Waals surface area contributed by atoms with Crippen LogP contribution in [0.5, 0.6) is 0 Å². The van der Waals surface area contributed by atoms with E-state index in [0.717, 1.165) is 4.68 Å². The topological polar surface area (TPSA) is 123 Å². The molecule has 0 radical (unpaired) electrons. The highest BCUT2D eigenvalue weighted by Gasteiger charge is 2.30. The summed E-state index contributed by atoms with van der Waals surface area (Å²) < 4.78 is 0.974. The zero-order valence-electron chi connectivity index (χ0n) is 12.2. The summed E-state index contributed by atoms with van der Waals surface area (Å²) in [4.78, 5) is 46.8. The molecular formula is C14H13N5O4. The average molecular weight is 315 g/mol. The molecule has 0 spiro atoms. The lowest BCUT2D eigenvalue weighted by atomic mass is 10.1. The van der Waals surface area contributed by atoms with Gasteiger partial charge in [0.2, 0.25) is 11.8 Å². The van der Waals surface area contributed by atoms with E-state index in [9.17, 15) is 19.2 Å². The van der Waals surface area contributed by atoms with E-state index in [4.69, 9.17) is 0 Å². The average Bonchev–Trinajstić information content (AvgIpc) is 2.48. The number of nitrogens with zero attached hydrogens (tertiary/aromatic N) is 3. The first-order valence-electron chi connectivity index (χ1n) is 6.96. The minimum Gasteiger partial charge on any atom is -0.326 e. The number of piperidine rings is 1. The predicted molar refractivity (Wildman–Crippen MR) is 79.5 cm³/mol. The van der Waals surface area contributed by atoms with E-state index in [-0.39, 0.29) is 30.0 Å². The van der Waals surface area contributed by atoms with Crippen LogP contribution in [0.1, 0.15) is 25.8 Å². The number of carbonyl (C=O) groups excluding carboxylic acids is 3. The van der Waals surface area contributed by atoms with Crippen LogP contribution in [0, 0.1) is 0 Å². The van der Waals surface area contributed by atoms with Crippen molar-refractivity contribution in [2.45, 2.75) is 25.8 Å². The Bertz CT molecular complexity index is 888. The highest BCUT2D eigenvalue weighted by molar-refractivity contribution is 5.99. The number of imide groups is 1. The molecule has 118 valence electrons. The Labute approximate surface area is 129 Å². The second-order valence-electron chi connectivity index (χ2n) is 5.22. The van der Waals surface area contributed by atoms with Crippen molar-refractivity contribution >= 4 is 34.3 Å². The molecule has 3 rings (SSSR count). The molecule has 1 unspecified atom stereocenters. The summed E-state index contributed by atoms with van der Waals surface area (Å²) in [6.07, 6.45) is 0.324. The fourth-order valence-electron chi connectivity index (χ4n) is 2.46. The molecule has 1 atom stereocenters. The third kappa shape index (κ3) is 2.80. The van der Waals surface area contributed by atoms with Crippen LogP contribution < -0.4 is 16.2 Å².